The van der Waals surface area contributed by atoms with Crippen molar-refractivity contribution in [3.8, 4) is 0 Å². The average molecular weight is 166 g/mol. The Bertz CT molecular complexity index is 218. The Hall–Kier alpha value is -1.05. The highest BCUT2D eigenvalue weighted by molar-refractivity contribution is 5.76. The van der Waals surface area contributed by atoms with E-state index in [2.05, 4.69) is 17.9 Å². The van der Waals surface area contributed by atoms with Gasteiger partial charge in [-0.15, -0.1) is 6.58 Å². The number of allylic oxidation sites excluding steroid dienone is 1. The summed E-state index contributed by atoms with van der Waals surface area (Å²) in [6.45, 7) is 7.58. The van der Waals surface area contributed by atoms with Crippen LogP contribution in [-0.2, 0) is 9.53 Å². The molecule has 1 aliphatic rings. The molecule has 66 valence electrons. The first-order valence-electron chi connectivity index (χ1n) is 4.09. The van der Waals surface area contributed by atoms with Crippen LogP contribution in [0.5, 0.6) is 0 Å². The zero-order valence-electron chi connectivity index (χ0n) is 7.38. The molecular formula is C10H14O2. The normalized spacial score (nSPS) is 28.6. The van der Waals surface area contributed by atoms with Crippen LogP contribution in [0.2, 0.25) is 0 Å². The molecule has 2 nitrogen and oxygen atoms in total. The van der Waals surface area contributed by atoms with Crippen LogP contribution in [-0.4, -0.2) is 13.1 Å². The zero-order chi connectivity index (χ0) is 9.14. The lowest BCUT2D eigenvalue weighted by Crippen LogP contribution is -2.14. The molecule has 1 fully saturated rings. The van der Waals surface area contributed by atoms with Crippen molar-refractivity contribution in [1.29, 1.82) is 0 Å². The molecule has 0 bridgehead atoms. The maximum Gasteiger partial charge on any atom is 0.312 e. The van der Waals surface area contributed by atoms with E-state index >= 15 is 0 Å². The summed E-state index contributed by atoms with van der Waals surface area (Å²) >= 11 is 0. The van der Waals surface area contributed by atoms with Crippen LogP contribution in [0, 0.1) is 11.8 Å². The first-order valence-corrected chi connectivity index (χ1v) is 4.09. The highest BCUT2D eigenvalue weighted by Crippen LogP contribution is 2.36. The number of methoxy groups -OCH3 is 1. The van der Waals surface area contributed by atoms with E-state index in [0.717, 1.165) is 18.4 Å². The van der Waals surface area contributed by atoms with E-state index in [4.69, 9.17) is 0 Å². The van der Waals surface area contributed by atoms with E-state index < -0.39 is 0 Å². The Morgan fingerprint density at radius 1 is 1.67 bits per heavy atom. The van der Waals surface area contributed by atoms with Crippen LogP contribution in [0.3, 0.4) is 0 Å². The van der Waals surface area contributed by atoms with Gasteiger partial charge in [0.05, 0.1) is 13.0 Å². The summed E-state index contributed by atoms with van der Waals surface area (Å²) in [6, 6.07) is 0. The van der Waals surface area contributed by atoms with Gasteiger partial charge < -0.3 is 4.74 Å². The molecule has 1 rings (SSSR count). The van der Waals surface area contributed by atoms with E-state index in [1.54, 1.807) is 0 Å². The molecule has 2 heteroatoms. The third-order valence-electron chi connectivity index (χ3n) is 2.46. The van der Waals surface area contributed by atoms with Crippen molar-refractivity contribution in [1.82, 2.24) is 0 Å². The largest absolute Gasteiger partial charge is 0.469 e. The van der Waals surface area contributed by atoms with Crippen molar-refractivity contribution in [2.75, 3.05) is 7.11 Å². The minimum Gasteiger partial charge on any atom is -0.469 e. The number of hydrogen-bond acceptors (Lipinski definition) is 2. The van der Waals surface area contributed by atoms with E-state index in [1.807, 2.05) is 6.08 Å². The highest BCUT2D eigenvalue weighted by atomic mass is 16.5. The highest BCUT2D eigenvalue weighted by Gasteiger charge is 2.32. The summed E-state index contributed by atoms with van der Waals surface area (Å²) in [5, 5.41) is 0. The molecule has 0 aromatic carbocycles. The predicted molar refractivity (Wildman–Crippen MR) is 47.6 cm³/mol. The summed E-state index contributed by atoms with van der Waals surface area (Å²) in [6.07, 6.45) is 3.68. The second-order valence-corrected chi connectivity index (χ2v) is 3.07. The van der Waals surface area contributed by atoms with Crippen LogP contribution >= 0.6 is 0 Å². The van der Waals surface area contributed by atoms with E-state index in [1.165, 1.54) is 7.11 Å². The zero-order valence-corrected chi connectivity index (χ0v) is 7.38. The minimum atomic E-state index is -0.163. The van der Waals surface area contributed by atoms with E-state index in [-0.39, 0.29) is 11.9 Å². The fourth-order valence-electron chi connectivity index (χ4n) is 1.66. The van der Waals surface area contributed by atoms with Crippen molar-refractivity contribution < 1.29 is 9.53 Å². The monoisotopic (exact) mass is 166 g/mol. The maximum atomic E-state index is 11.2. The van der Waals surface area contributed by atoms with Crippen molar-refractivity contribution in [3.63, 3.8) is 0 Å². The molecule has 2 unspecified atom stereocenters. The van der Waals surface area contributed by atoms with Gasteiger partial charge in [0.15, 0.2) is 0 Å². The molecule has 0 aliphatic heterocycles. The number of carbonyl (C=O) groups excluding carboxylic acids is 1. The van der Waals surface area contributed by atoms with Gasteiger partial charge in [-0.1, -0.05) is 18.2 Å². The molecule has 0 saturated heterocycles. The molecule has 1 saturated carbocycles. The molecule has 2 atom stereocenters. The topological polar surface area (TPSA) is 26.3 Å². The van der Waals surface area contributed by atoms with Crippen molar-refractivity contribution in [3.05, 3.63) is 24.8 Å². The molecule has 12 heavy (non-hydrogen) atoms. The molecule has 0 aromatic heterocycles. The second-order valence-electron chi connectivity index (χ2n) is 3.07. The third-order valence-corrected chi connectivity index (χ3v) is 2.46. The fraction of sp³-hybridized carbons (Fsp3) is 0.500. The fourth-order valence-corrected chi connectivity index (χ4v) is 1.66. The molecule has 0 spiro atoms. The summed E-state index contributed by atoms with van der Waals surface area (Å²) in [7, 11) is 1.41. The van der Waals surface area contributed by atoms with Gasteiger partial charge in [-0.25, -0.2) is 0 Å². The van der Waals surface area contributed by atoms with Gasteiger partial charge in [0.25, 0.3) is 0 Å². The van der Waals surface area contributed by atoms with Crippen LogP contribution in [0.4, 0.5) is 0 Å². The SMILES string of the molecule is C=CC1CCC(C(=O)OC)C1=C. The summed E-state index contributed by atoms with van der Waals surface area (Å²) in [4.78, 5) is 11.2. The molecule has 0 N–H and O–H groups in total. The van der Waals surface area contributed by atoms with Crippen molar-refractivity contribution >= 4 is 5.97 Å². The molecular weight excluding hydrogens is 152 g/mol. The van der Waals surface area contributed by atoms with Gasteiger partial charge in [-0.05, 0) is 18.8 Å². The lowest BCUT2D eigenvalue weighted by atomic mass is 9.99. The van der Waals surface area contributed by atoms with Gasteiger partial charge in [0.2, 0.25) is 0 Å². The van der Waals surface area contributed by atoms with Crippen molar-refractivity contribution in [2.24, 2.45) is 11.8 Å². The van der Waals surface area contributed by atoms with Crippen LogP contribution in [0.15, 0.2) is 24.8 Å². The third kappa shape index (κ3) is 1.42. The predicted octanol–water partition coefficient (Wildman–Crippen LogP) is 1.93. The van der Waals surface area contributed by atoms with Gasteiger partial charge in [-0.2, -0.15) is 0 Å². The Morgan fingerprint density at radius 2 is 2.33 bits per heavy atom. The Balaban J connectivity index is 2.66. The van der Waals surface area contributed by atoms with Crippen LogP contribution in [0.25, 0.3) is 0 Å². The number of ether oxygens (including phenoxy) is 1. The quantitative estimate of drug-likeness (QED) is 0.463. The van der Waals surface area contributed by atoms with Gasteiger partial charge in [0.1, 0.15) is 0 Å². The summed E-state index contributed by atoms with van der Waals surface area (Å²) in [5.74, 6) is 0.0384. The van der Waals surface area contributed by atoms with E-state index in [9.17, 15) is 4.79 Å². The van der Waals surface area contributed by atoms with Gasteiger partial charge in [-0.3, -0.25) is 4.79 Å². The number of carbonyl (C=O) groups is 1. The van der Waals surface area contributed by atoms with E-state index in [0.29, 0.717) is 5.92 Å². The Labute approximate surface area is 72.9 Å². The van der Waals surface area contributed by atoms with Gasteiger partial charge >= 0.3 is 5.97 Å². The molecule has 0 amide bonds. The summed E-state index contributed by atoms with van der Waals surface area (Å²) in [5.41, 5.74) is 0.955. The molecule has 1 aliphatic carbocycles. The molecule has 0 heterocycles. The maximum absolute atomic E-state index is 11.2. The first kappa shape index (κ1) is 9.04. The van der Waals surface area contributed by atoms with Crippen LogP contribution in [0.1, 0.15) is 12.8 Å². The number of hydrogen-bond donors (Lipinski definition) is 0. The number of esters is 1. The first-order chi connectivity index (χ1) is 5.70. The Kier molecular flexibility index (Phi) is 2.69. The summed E-state index contributed by atoms with van der Waals surface area (Å²) < 4.78 is 4.66. The standard InChI is InChI=1S/C10H14O2/c1-4-8-5-6-9(7(8)2)10(11)12-3/h4,8-9H,1-2,5-6H2,3H3. The molecule has 0 aromatic rings. The van der Waals surface area contributed by atoms with Crippen LogP contribution < -0.4 is 0 Å². The smallest absolute Gasteiger partial charge is 0.312 e. The lowest BCUT2D eigenvalue weighted by Gasteiger charge is -2.09. The van der Waals surface area contributed by atoms with Crippen molar-refractivity contribution in [2.45, 2.75) is 12.8 Å². The molecule has 0 radical (unpaired) electrons. The lowest BCUT2D eigenvalue weighted by molar-refractivity contribution is -0.143. The average Bonchev–Trinajstić information content (AvgIpc) is 2.45. The number of rotatable bonds is 2. The Morgan fingerprint density at radius 3 is 2.75 bits per heavy atom. The second kappa shape index (κ2) is 3.57. The van der Waals surface area contributed by atoms with Gasteiger partial charge in [0, 0.05) is 0 Å². The minimum absolute atomic E-state index is 0.0991.